The van der Waals surface area contributed by atoms with Gasteiger partial charge < -0.3 is 37.1 Å². The fraction of sp³-hybridized carbons (Fsp3) is 0.205. The lowest BCUT2D eigenvalue weighted by Crippen LogP contribution is -2.55. The van der Waals surface area contributed by atoms with Gasteiger partial charge in [-0.3, -0.25) is 24.3 Å². The lowest BCUT2D eigenvalue weighted by molar-refractivity contribution is -0.134. The molecule has 2 atom stereocenters. The van der Waals surface area contributed by atoms with E-state index >= 15 is 0 Å². The first-order valence-corrected chi connectivity index (χ1v) is 17.5. The Labute approximate surface area is 311 Å². The number of phenolic OH excluding ortho intramolecular Hbond substituents is 1. The minimum Gasteiger partial charge on any atom is -0.502 e. The molecular weight excluding hydrogens is 695 g/mol. The number of aliphatic imine (C=N–C) groups is 2. The third-order valence-corrected chi connectivity index (χ3v) is 9.31. The summed E-state index contributed by atoms with van der Waals surface area (Å²) >= 11 is 1.08. The first-order valence-electron chi connectivity index (χ1n) is 16.7. The number of ether oxygens (including phenoxy) is 2. The van der Waals surface area contributed by atoms with Crippen LogP contribution in [0.1, 0.15) is 24.0 Å². The zero-order valence-corrected chi connectivity index (χ0v) is 30.1. The van der Waals surface area contributed by atoms with Gasteiger partial charge in [-0.25, -0.2) is 4.99 Å². The van der Waals surface area contributed by atoms with Crippen LogP contribution in [0.2, 0.25) is 0 Å². The van der Waals surface area contributed by atoms with E-state index in [-0.39, 0.29) is 52.7 Å². The van der Waals surface area contributed by atoms with Gasteiger partial charge in [-0.2, -0.15) is 0 Å². The van der Waals surface area contributed by atoms with Crippen LogP contribution in [0, 0.1) is 0 Å². The van der Waals surface area contributed by atoms with Crippen LogP contribution in [-0.2, 0) is 20.8 Å². The molecule has 13 nitrogen and oxygen atoms in total. The summed E-state index contributed by atoms with van der Waals surface area (Å²) in [6.07, 6.45) is 2.22. The molecule has 5 rings (SSSR count). The Kier molecular flexibility index (Phi) is 12.7. The van der Waals surface area contributed by atoms with Crippen LogP contribution in [0.15, 0.2) is 112 Å². The third-order valence-electron chi connectivity index (χ3n) is 8.33. The monoisotopic (exact) mass is 735 g/mol. The Morgan fingerprint density at radius 1 is 0.906 bits per heavy atom. The Bertz CT molecular complexity index is 1990. The molecule has 0 aromatic heterocycles. The molecule has 1 aliphatic heterocycles. The highest BCUT2D eigenvalue weighted by Crippen LogP contribution is 2.41. The smallest absolute Gasteiger partial charge is 0.267 e. The van der Waals surface area contributed by atoms with E-state index in [0.717, 1.165) is 28.5 Å². The predicted molar refractivity (Wildman–Crippen MR) is 208 cm³/mol. The van der Waals surface area contributed by atoms with E-state index in [9.17, 15) is 19.5 Å². The molecule has 0 unspecified atom stereocenters. The Balaban J connectivity index is 1.56. The second-order valence-electron chi connectivity index (χ2n) is 12.0. The fourth-order valence-electron chi connectivity index (χ4n) is 5.65. The molecule has 14 heteroatoms. The number of benzene rings is 4. The molecule has 8 N–H and O–H groups in total. The SMILES string of the molecule is COc1cc(/C=C2\SC(=Nc3ccccc3)N([C@@H](Cc3ccc(-c4ccccc4)cc3)C(=O)N[C@@H](CCCN=C(N)N)C(N)=O)C2=O)cc(OC)c1O. The second-order valence-corrected chi connectivity index (χ2v) is 13.0. The molecule has 0 bridgehead atoms. The maximum absolute atomic E-state index is 14.5. The predicted octanol–water partition coefficient (Wildman–Crippen LogP) is 4.32. The van der Waals surface area contributed by atoms with E-state index in [1.807, 2.05) is 72.8 Å². The number of phenols is 1. The van der Waals surface area contributed by atoms with Gasteiger partial charge in [0.05, 0.1) is 24.8 Å². The van der Waals surface area contributed by atoms with Crippen molar-refractivity contribution in [2.45, 2.75) is 31.3 Å². The van der Waals surface area contributed by atoms with Crippen LogP contribution in [-0.4, -0.2) is 71.7 Å². The van der Waals surface area contributed by atoms with Crippen molar-refractivity contribution >= 4 is 52.4 Å². The third kappa shape index (κ3) is 9.74. The zero-order chi connectivity index (χ0) is 37.9. The van der Waals surface area contributed by atoms with Gasteiger partial charge in [0.25, 0.3) is 5.91 Å². The second kappa shape index (κ2) is 17.8. The quantitative estimate of drug-likeness (QED) is 0.0509. The van der Waals surface area contributed by atoms with E-state index in [0.29, 0.717) is 17.7 Å². The number of nitrogens with zero attached hydrogens (tertiary/aromatic N) is 3. The molecule has 1 aliphatic rings. The maximum Gasteiger partial charge on any atom is 0.267 e. The summed E-state index contributed by atoms with van der Waals surface area (Å²) in [4.78, 5) is 51.7. The molecule has 0 radical (unpaired) electrons. The number of nitrogens with two attached hydrogens (primary N) is 3. The lowest BCUT2D eigenvalue weighted by atomic mass is 9.99. The average Bonchev–Trinajstić information content (AvgIpc) is 3.45. The number of hydrogen-bond acceptors (Lipinski definition) is 9. The molecule has 3 amide bonds. The standard InChI is InChI=1S/C39H41N7O6S/c1-51-31-21-25(22-32(52-2)34(31)47)23-33-37(50)46(39(53-33)44-28-12-7-4-8-13-28)30(36(49)45-29(35(40)48)14-9-19-43-38(41)42)20-24-15-17-27(18-16-24)26-10-5-3-6-11-26/h3-8,10-13,15-18,21-23,29-30,47H,9,14,19-20H2,1-2H3,(H2,40,48)(H,45,49)(H4,41,42,43)/b33-23-,44-39?/t29-,30-/m0/s1. The molecule has 1 saturated heterocycles. The highest BCUT2D eigenvalue weighted by atomic mass is 32.2. The van der Waals surface area contributed by atoms with E-state index in [1.54, 1.807) is 30.3 Å². The molecule has 53 heavy (non-hydrogen) atoms. The summed E-state index contributed by atoms with van der Waals surface area (Å²) in [6, 6.07) is 27.5. The summed E-state index contributed by atoms with van der Waals surface area (Å²) in [6.45, 7) is 0.231. The summed E-state index contributed by atoms with van der Waals surface area (Å²) in [5.41, 5.74) is 20.4. The number of carbonyl (C=O) groups is 3. The molecular formula is C39H41N7O6S. The number of hydrogen-bond donors (Lipinski definition) is 5. The minimum absolute atomic E-state index is 0.0780. The number of nitrogens with one attached hydrogen (secondary N) is 1. The van der Waals surface area contributed by atoms with E-state index in [2.05, 4.69) is 10.3 Å². The van der Waals surface area contributed by atoms with Crippen LogP contribution in [0.4, 0.5) is 5.69 Å². The largest absolute Gasteiger partial charge is 0.502 e. The topological polar surface area (TPSA) is 208 Å². The van der Waals surface area contributed by atoms with E-state index in [4.69, 9.17) is 31.7 Å². The summed E-state index contributed by atoms with van der Waals surface area (Å²) in [5.74, 6) is -1.83. The van der Waals surface area contributed by atoms with Crippen molar-refractivity contribution in [3.63, 3.8) is 0 Å². The van der Waals surface area contributed by atoms with Gasteiger partial charge in [0.2, 0.25) is 17.6 Å². The maximum atomic E-state index is 14.5. The fourth-order valence-corrected chi connectivity index (χ4v) is 6.68. The van der Waals surface area contributed by atoms with Crippen molar-refractivity contribution in [3.8, 4) is 28.4 Å². The molecule has 0 aliphatic carbocycles. The van der Waals surface area contributed by atoms with Gasteiger partial charge in [0.15, 0.2) is 22.6 Å². The van der Waals surface area contributed by atoms with Crippen molar-refractivity contribution in [3.05, 3.63) is 113 Å². The van der Waals surface area contributed by atoms with Gasteiger partial charge in [-0.1, -0.05) is 72.8 Å². The number of amidine groups is 1. The van der Waals surface area contributed by atoms with Crippen molar-refractivity contribution in [1.29, 1.82) is 0 Å². The highest BCUT2D eigenvalue weighted by Gasteiger charge is 2.42. The minimum atomic E-state index is -1.16. The van der Waals surface area contributed by atoms with Crippen molar-refractivity contribution in [2.75, 3.05) is 20.8 Å². The number of thioether (sulfide) groups is 1. The first-order chi connectivity index (χ1) is 25.6. The molecule has 1 heterocycles. The first kappa shape index (κ1) is 38.0. The molecule has 4 aromatic rings. The lowest BCUT2D eigenvalue weighted by Gasteiger charge is -2.28. The van der Waals surface area contributed by atoms with Crippen LogP contribution in [0.5, 0.6) is 17.2 Å². The van der Waals surface area contributed by atoms with Crippen LogP contribution < -0.4 is 32.0 Å². The van der Waals surface area contributed by atoms with Gasteiger partial charge in [-0.05, 0) is 77.2 Å². The number of para-hydroxylation sites is 1. The summed E-state index contributed by atoms with van der Waals surface area (Å²) < 4.78 is 10.6. The van der Waals surface area contributed by atoms with Crippen LogP contribution in [0.3, 0.4) is 0 Å². The van der Waals surface area contributed by atoms with Gasteiger partial charge in [-0.15, -0.1) is 0 Å². The number of carbonyl (C=O) groups excluding carboxylic acids is 3. The Hall–Kier alpha value is -6.28. The number of primary amides is 1. The normalized spacial score (nSPS) is 15.2. The number of amides is 3. The van der Waals surface area contributed by atoms with Crippen LogP contribution >= 0.6 is 11.8 Å². The van der Waals surface area contributed by atoms with Crippen molar-refractivity contribution in [2.24, 2.45) is 27.2 Å². The average molecular weight is 736 g/mol. The number of rotatable bonds is 15. The molecule has 1 fully saturated rings. The van der Waals surface area contributed by atoms with Gasteiger partial charge >= 0.3 is 0 Å². The Morgan fingerprint density at radius 2 is 1.51 bits per heavy atom. The molecule has 0 spiro atoms. The summed E-state index contributed by atoms with van der Waals surface area (Å²) in [7, 11) is 2.81. The van der Waals surface area contributed by atoms with Gasteiger partial charge in [0.1, 0.15) is 12.1 Å². The molecule has 274 valence electrons. The highest BCUT2D eigenvalue weighted by molar-refractivity contribution is 8.18. The van der Waals surface area contributed by atoms with E-state index < -0.39 is 29.8 Å². The Morgan fingerprint density at radius 3 is 2.09 bits per heavy atom. The summed E-state index contributed by atoms with van der Waals surface area (Å²) in [5, 5.41) is 13.5. The van der Waals surface area contributed by atoms with Crippen molar-refractivity contribution in [1.82, 2.24) is 10.2 Å². The molecule has 0 saturated carbocycles. The number of methoxy groups -OCH3 is 2. The zero-order valence-electron chi connectivity index (χ0n) is 29.3. The van der Waals surface area contributed by atoms with Crippen LogP contribution in [0.25, 0.3) is 17.2 Å². The van der Waals surface area contributed by atoms with Crippen molar-refractivity contribution < 1.29 is 29.0 Å². The number of guanidine groups is 1. The van der Waals surface area contributed by atoms with Gasteiger partial charge in [0, 0.05) is 13.0 Å². The molecule has 4 aromatic carbocycles. The van der Waals surface area contributed by atoms with E-state index in [1.165, 1.54) is 19.1 Å². The number of aromatic hydroxyl groups is 1.